The number of urea groups is 1. The van der Waals surface area contributed by atoms with Crippen LogP contribution in [0.3, 0.4) is 0 Å². The summed E-state index contributed by atoms with van der Waals surface area (Å²) in [6, 6.07) is 5.49. The van der Waals surface area contributed by atoms with E-state index >= 15 is 0 Å². The predicted octanol–water partition coefficient (Wildman–Crippen LogP) is 4.25. The van der Waals surface area contributed by atoms with Gasteiger partial charge in [0, 0.05) is 37.9 Å². The Morgan fingerprint density at radius 2 is 1.70 bits per heavy atom. The number of carbonyl (C=O) groups excluding carboxylic acids is 2. The Morgan fingerprint density at radius 1 is 1.13 bits per heavy atom. The minimum atomic E-state index is -4.75. The third kappa shape index (κ3) is 4.49. The average molecular weight is 427 g/mol. The van der Waals surface area contributed by atoms with Crippen LogP contribution in [0.15, 0.2) is 24.3 Å². The third-order valence-corrected chi connectivity index (χ3v) is 6.10. The number of piperidine rings is 1. The molecule has 1 aromatic carbocycles. The molecule has 9 heteroatoms. The number of nitrogens with zero attached hydrogens (tertiary/aromatic N) is 3. The molecule has 0 radical (unpaired) electrons. The smallest absolute Gasteiger partial charge is 0.406 e. The molecule has 2 heterocycles. The van der Waals surface area contributed by atoms with Gasteiger partial charge >= 0.3 is 12.4 Å². The molecule has 2 saturated heterocycles. The maximum absolute atomic E-state index is 13.2. The van der Waals surface area contributed by atoms with Crippen LogP contribution in [0.2, 0.25) is 0 Å². The lowest BCUT2D eigenvalue weighted by Crippen LogP contribution is -2.52. The number of hydrogen-bond acceptors (Lipinski definition) is 3. The molecule has 6 nitrogen and oxygen atoms in total. The first-order chi connectivity index (χ1) is 14.1. The Hall–Kier alpha value is -2.45. The van der Waals surface area contributed by atoms with Crippen molar-refractivity contribution in [1.82, 2.24) is 9.80 Å². The van der Waals surface area contributed by atoms with Crippen LogP contribution in [0.1, 0.15) is 40.0 Å². The minimum Gasteiger partial charge on any atom is -0.406 e. The fourth-order valence-corrected chi connectivity index (χ4v) is 4.39. The highest BCUT2D eigenvalue weighted by atomic mass is 19.4. The molecule has 0 N–H and O–H groups in total. The van der Waals surface area contributed by atoms with E-state index in [9.17, 15) is 22.8 Å². The number of likely N-dealkylation sites (tertiary alicyclic amines) is 1. The van der Waals surface area contributed by atoms with Gasteiger partial charge in [-0.2, -0.15) is 0 Å². The highest BCUT2D eigenvalue weighted by Gasteiger charge is 2.49. The summed E-state index contributed by atoms with van der Waals surface area (Å²) in [5, 5.41) is 0. The molecule has 2 fully saturated rings. The van der Waals surface area contributed by atoms with Gasteiger partial charge in [-0.05, 0) is 64.3 Å². The topological polar surface area (TPSA) is 53.1 Å². The number of rotatable bonds is 4. The van der Waals surface area contributed by atoms with Crippen molar-refractivity contribution in [3.63, 3.8) is 0 Å². The first-order valence-electron chi connectivity index (χ1n) is 10.3. The highest BCUT2D eigenvalue weighted by Crippen LogP contribution is 2.43. The molecule has 166 valence electrons. The van der Waals surface area contributed by atoms with Gasteiger partial charge in [-0.15, -0.1) is 13.2 Å². The molecule has 3 rings (SSSR count). The van der Waals surface area contributed by atoms with Gasteiger partial charge in [-0.3, -0.25) is 4.79 Å². The quantitative estimate of drug-likeness (QED) is 0.722. The normalized spacial score (nSPS) is 19.0. The average Bonchev–Trinajstić information content (AvgIpc) is 2.98. The van der Waals surface area contributed by atoms with Crippen LogP contribution in [0.5, 0.6) is 5.75 Å². The van der Waals surface area contributed by atoms with E-state index in [0.29, 0.717) is 51.1 Å². The SMILES string of the molecule is CCN(C(=O)N1CCC2(CC1)CCN(c1ccc(OC(F)(F)F)cc1)C2=O)C(C)C. The number of ether oxygens (including phenoxy) is 1. The Labute approximate surface area is 174 Å². The van der Waals surface area contributed by atoms with E-state index < -0.39 is 11.8 Å². The minimum absolute atomic E-state index is 0.00454. The van der Waals surface area contributed by atoms with Crippen molar-refractivity contribution in [3.05, 3.63) is 24.3 Å². The third-order valence-electron chi connectivity index (χ3n) is 6.10. The number of alkyl halides is 3. The first-order valence-corrected chi connectivity index (χ1v) is 10.3. The summed E-state index contributed by atoms with van der Waals surface area (Å²) < 4.78 is 40.9. The highest BCUT2D eigenvalue weighted by molar-refractivity contribution is 6.00. The summed E-state index contributed by atoms with van der Waals surface area (Å²) in [5.74, 6) is -0.333. The van der Waals surface area contributed by atoms with Crippen molar-refractivity contribution in [1.29, 1.82) is 0 Å². The monoisotopic (exact) mass is 427 g/mol. The number of anilines is 1. The molecule has 0 bridgehead atoms. The second kappa shape index (κ2) is 8.35. The summed E-state index contributed by atoms with van der Waals surface area (Å²) in [6.07, 6.45) is -2.88. The van der Waals surface area contributed by atoms with Crippen LogP contribution < -0.4 is 9.64 Å². The molecule has 1 spiro atoms. The molecule has 2 aliphatic rings. The molecule has 0 aliphatic carbocycles. The fraction of sp³-hybridized carbons (Fsp3) is 0.619. The van der Waals surface area contributed by atoms with Gasteiger partial charge in [0.1, 0.15) is 5.75 Å². The maximum atomic E-state index is 13.2. The molecule has 0 atom stereocenters. The van der Waals surface area contributed by atoms with E-state index in [1.165, 1.54) is 24.3 Å². The van der Waals surface area contributed by atoms with E-state index in [-0.39, 0.29) is 23.7 Å². The van der Waals surface area contributed by atoms with E-state index in [1.807, 2.05) is 30.6 Å². The number of halogens is 3. The summed E-state index contributed by atoms with van der Waals surface area (Å²) >= 11 is 0. The molecule has 2 aliphatic heterocycles. The van der Waals surface area contributed by atoms with Crippen LogP contribution in [0.4, 0.5) is 23.7 Å². The van der Waals surface area contributed by atoms with E-state index in [4.69, 9.17) is 0 Å². The van der Waals surface area contributed by atoms with Crippen molar-refractivity contribution in [3.8, 4) is 5.75 Å². The lowest BCUT2D eigenvalue weighted by molar-refractivity contribution is -0.274. The van der Waals surface area contributed by atoms with Crippen LogP contribution in [-0.4, -0.2) is 60.3 Å². The largest absolute Gasteiger partial charge is 0.573 e. The van der Waals surface area contributed by atoms with E-state index in [2.05, 4.69) is 4.74 Å². The zero-order valence-corrected chi connectivity index (χ0v) is 17.5. The zero-order chi connectivity index (χ0) is 22.1. The summed E-state index contributed by atoms with van der Waals surface area (Å²) in [7, 11) is 0. The number of benzene rings is 1. The molecule has 0 saturated carbocycles. The molecular formula is C21H28F3N3O3. The van der Waals surface area contributed by atoms with Crippen LogP contribution in [0, 0.1) is 5.41 Å². The second-order valence-electron chi connectivity index (χ2n) is 8.18. The van der Waals surface area contributed by atoms with Gasteiger partial charge in [0.25, 0.3) is 0 Å². The van der Waals surface area contributed by atoms with Crippen molar-refractivity contribution >= 4 is 17.6 Å². The van der Waals surface area contributed by atoms with Crippen LogP contribution >= 0.6 is 0 Å². The summed E-state index contributed by atoms with van der Waals surface area (Å²) in [5.41, 5.74) is 0.0501. The van der Waals surface area contributed by atoms with Crippen molar-refractivity contribution in [2.45, 2.75) is 52.4 Å². The van der Waals surface area contributed by atoms with Crippen molar-refractivity contribution < 1.29 is 27.5 Å². The zero-order valence-electron chi connectivity index (χ0n) is 17.5. The Bertz CT molecular complexity index is 772. The molecule has 0 unspecified atom stereocenters. The molecule has 1 aromatic rings. The molecule has 30 heavy (non-hydrogen) atoms. The van der Waals surface area contributed by atoms with Crippen molar-refractivity contribution in [2.24, 2.45) is 5.41 Å². The Kier molecular flexibility index (Phi) is 6.19. The van der Waals surface area contributed by atoms with Gasteiger partial charge in [0.15, 0.2) is 0 Å². The lowest BCUT2D eigenvalue weighted by Gasteiger charge is -2.40. The maximum Gasteiger partial charge on any atom is 0.573 e. The Morgan fingerprint density at radius 3 is 2.20 bits per heavy atom. The van der Waals surface area contributed by atoms with Crippen LogP contribution in [-0.2, 0) is 4.79 Å². The standard InChI is InChI=1S/C21H28F3N3O3/c1-4-26(15(2)3)19(29)25-12-9-20(10-13-25)11-14-27(18(20)28)16-5-7-17(8-6-16)30-21(22,23)24/h5-8,15H,4,9-14H2,1-3H3. The Balaban J connectivity index is 1.64. The number of amides is 3. The summed E-state index contributed by atoms with van der Waals surface area (Å²) in [4.78, 5) is 31.2. The van der Waals surface area contributed by atoms with E-state index in [0.717, 1.165) is 0 Å². The van der Waals surface area contributed by atoms with Gasteiger partial charge < -0.3 is 19.4 Å². The predicted molar refractivity (Wildman–Crippen MR) is 106 cm³/mol. The molecule has 0 aromatic heterocycles. The lowest BCUT2D eigenvalue weighted by atomic mass is 9.77. The van der Waals surface area contributed by atoms with E-state index in [1.54, 1.807) is 4.90 Å². The van der Waals surface area contributed by atoms with Gasteiger partial charge in [-0.1, -0.05) is 0 Å². The molecular weight excluding hydrogens is 399 g/mol. The number of carbonyl (C=O) groups is 2. The van der Waals surface area contributed by atoms with Crippen molar-refractivity contribution in [2.75, 3.05) is 31.1 Å². The fourth-order valence-electron chi connectivity index (χ4n) is 4.39. The first kappa shape index (κ1) is 22.2. The summed E-state index contributed by atoms with van der Waals surface area (Å²) in [6.45, 7) is 8.12. The van der Waals surface area contributed by atoms with Crippen LogP contribution in [0.25, 0.3) is 0 Å². The molecule has 3 amide bonds. The van der Waals surface area contributed by atoms with Gasteiger partial charge in [0.2, 0.25) is 5.91 Å². The number of hydrogen-bond donors (Lipinski definition) is 0. The van der Waals surface area contributed by atoms with Gasteiger partial charge in [-0.25, -0.2) is 4.79 Å². The van der Waals surface area contributed by atoms with Gasteiger partial charge in [0.05, 0.1) is 5.41 Å². The second-order valence-corrected chi connectivity index (χ2v) is 8.18.